The van der Waals surface area contributed by atoms with Crippen molar-refractivity contribution in [3.05, 3.63) is 63.1 Å². The fourth-order valence-electron chi connectivity index (χ4n) is 1.52. The minimum absolute atomic E-state index is 0.462. The van der Waals surface area contributed by atoms with E-state index in [-0.39, 0.29) is 0 Å². The van der Waals surface area contributed by atoms with Gasteiger partial charge in [-0.2, -0.15) is 0 Å². The lowest BCUT2D eigenvalue weighted by atomic mass is 10.2. The minimum Gasteiger partial charge on any atom is -0.488 e. The van der Waals surface area contributed by atoms with Crippen molar-refractivity contribution in [1.82, 2.24) is 0 Å². The summed E-state index contributed by atoms with van der Waals surface area (Å²) in [5.74, 6) is 0.727. The molecule has 0 heterocycles. The van der Waals surface area contributed by atoms with E-state index in [9.17, 15) is 0 Å². The van der Waals surface area contributed by atoms with Gasteiger partial charge in [0.25, 0.3) is 0 Å². The maximum Gasteiger partial charge on any atom is 0.134 e. The summed E-state index contributed by atoms with van der Waals surface area (Å²) in [6, 6.07) is 12.9. The van der Waals surface area contributed by atoms with Crippen LogP contribution in [0.4, 0.5) is 0 Å². The number of benzene rings is 2. The quantitative estimate of drug-likeness (QED) is 0.506. The molecule has 0 aliphatic heterocycles. The number of halogens is 2. The molecule has 1 N–H and O–H groups in total. The molecule has 19 heavy (non-hydrogen) atoms. The van der Waals surface area contributed by atoms with Crippen molar-refractivity contribution >= 4 is 33.7 Å². The lowest BCUT2D eigenvalue weighted by Gasteiger charge is -2.08. The number of hydrogen-bond acceptors (Lipinski definition) is 3. The number of nitrogens with zero attached hydrogens (tertiary/aromatic N) is 1. The normalized spacial score (nSPS) is 10.8. The van der Waals surface area contributed by atoms with Crippen molar-refractivity contribution in [3.8, 4) is 5.75 Å². The molecule has 2 aromatic carbocycles. The summed E-state index contributed by atoms with van der Waals surface area (Å²) in [5, 5.41) is 12.2. The zero-order valence-electron chi connectivity index (χ0n) is 9.88. The molecule has 2 rings (SSSR count). The molecular weight excluding hydrogens is 330 g/mol. The third-order valence-corrected chi connectivity index (χ3v) is 3.34. The van der Waals surface area contributed by atoms with Gasteiger partial charge in [-0.1, -0.05) is 28.9 Å². The van der Waals surface area contributed by atoms with Gasteiger partial charge in [-0.25, -0.2) is 0 Å². The molecule has 0 radical (unpaired) electrons. The highest BCUT2D eigenvalue weighted by Gasteiger charge is 2.02. The molecule has 98 valence electrons. The average Bonchev–Trinajstić information content (AvgIpc) is 2.40. The standard InChI is InChI=1S/C14H11BrClNO2/c15-13-7-11(8-17-18)3-6-14(13)19-9-10-1-4-12(16)5-2-10/h1-8,18H,9H2. The summed E-state index contributed by atoms with van der Waals surface area (Å²) in [5.41, 5.74) is 1.82. The molecule has 2 aromatic rings. The zero-order chi connectivity index (χ0) is 13.7. The number of rotatable bonds is 4. The van der Waals surface area contributed by atoms with Crippen molar-refractivity contribution in [1.29, 1.82) is 0 Å². The maximum atomic E-state index is 8.47. The van der Waals surface area contributed by atoms with E-state index in [1.807, 2.05) is 42.5 Å². The molecule has 0 unspecified atom stereocenters. The topological polar surface area (TPSA) is 41.8 Å². The predicted molar refractivity (Wildman–Crippen MR) is 79.3 cm³/mol. The molecular formula is C14H11BrClNO2. The Morgan fingerprint density at radius 1 is 1.21 bits per heavy atom. The molecule has 0 amide bonds. The first-order chi connectivity index (χ1) is 9.19. The highest BCUT2D eigenvalue weighted by atomic mass is 79.9. The molecule has 0 atom stereocenters. The van der Waals surface area contributed by atoms with Crippen molar-refractivity contribution in [2.24, 2.45) is 5.16 Å². The third-order valence-electron chi connectivity index (χ3n) is 2.47. The summed E-state index contributed by atoms with van der Waals surface area (Å²) in [6.45, 7) is 0.462. The van der Waals surface area contributed by atoms with Gasteiger partial charge in [-0.3, -0.25) is 0 Å². The van der Waals surface area contributed by atoms with E-state index in [2.05, 4.69) is 21.1 Å². The van der Waals surface area contributed by atoms with Crippen LogP contribution in [0.25, 0.3) is 0 Å². The van der Waals surface area contributed by atoms with E-state index in [0.717, 1.165) is 21.3 Å². The fraction of sp³-hybridized carbons (Fsp3) is 0.0714. The number of hydrogen-bond donors (Lipinski definition) is 1. The first-order valence-corrected chi connectivity index (χ1v) is 6.70. The molecule has 0 spiro atoms. The lowest BCUT2D eigenvalue weighted by molar-refractivity contribution is 0.304. The van der Waals surface area contributed by atoms with Crippen LogP contribution in [0.15, 0.2) is 52.1 Å². The van der Waals surface area contributed by atoms with Crippen LogP contribution in [0.5, 0.6) is 5.75 Å². The second-order valence-electron chi connectivity index (χ2n) is 3.85. The average molecular weight is 341 g/mol. The van der Waals surface area contributed by atoms with Gasteiger partial charge in [-0.15, -0.1) is 0 Å². The molecule has 0 aromatic heterocycles. The molecule has 0 aliphatic rings. The van der Waals surface area contributed by atoms with Crippen LogP contribution in [0.3, 0.4) is 0 Å². The minimum atomic E-state index is 0.462. The maximum absolute atomic E-state index is 8.47. The van der Waals surface area contributed by atoms with Crippen LogP contribution in [0.1, 0.15) is 11.1 Å². The molecule has 3 nitrogen and oxygen atoms in total. The highest BCUT2D eigenvalue weighted by Crippen LogP contribution is 2.26. The summed E-state index contributed by atoms with van der Waals surface area (Å²) >= 11 is 9.23. The Labute approximate surface area is 124 Å². The third kappa shape index (κ3) is 3.98. The van der Waals surface area contributed by atoms with Crippen LogP contribution in [0, 0.1) is 0 Å². The van der Waals surface area contributed by atoms with Gasteiger partial charge in [0.05, 0.1) is 10.7 Å². The Bertz CT molecular complexity index is 584. The number of oxime groups is 1. The fourth-order valence-corrected chi connectivity index (χ4v) is 2.16. The molecule has 0 saturated heterocycles. The summed E-state index contributed by atoms with van der Waals surface area (Å²) < 4.78 is 6.50. The van der Waals surface area contributed by atoms with Crippen molar-refractivity contribution in [2.75, 3.05) is 0 Å². The first kappa shape index (κ1) is 13.9. The van der Waals surface area contributed by atoms with Crippen LogP contribution in [-0.2, 0) is 6.61 Å². The highest BCUT2D eigenvalue weighted by molar-refractivity contribution is 9.10. The van der Waals surface area contributed by atoms with Gasteiger partial charge in [0.2, 0.25) is 0 Å². The van der Waals surface area contributed by atoms with Gasteiger partial charge in [0.1, 0.15) is 12.4 Å². The summed E-state index contributed by atoms with van der Waals surface area (Å²) in [4.78, 5) is 0. The smallest absolute Gasteiger partial charge is 0.134 e. The van der Waals surface area contributed by atoms with Gasteiger partial charge in [0.15, 0.2) is 0 Å². The lowest BCUT2D eigenvalue weighted by Crippen LogP contribution is -1.96. The van der Waals surface area contributed by atoms with E-state index in [0.29, 0.717) is 11.6 Å². The van der Waals surface area contributed by atoms with E-state index in [4.69, 9.17) is 21.5 Å². The molecule has 5 heteroatoms. The largest absolute Gasteiger partial charge is 0.488 e. The molecule has 0 bridgehead atoms. The van der Waals surface area contributed by atoms with Crippen molar-refractivity contribution < 1.29 is 9.94 Å². The van der Waals surface area contributed by atoms with E-state index in [1.54, 1.807) is 0 Å². The van der Waals surface area contributed by atoms with Gasteiger partial charge in [0, 0.05) is 5.02 Å². The Hall–Kier alpha value is -1.52. The Morgan fingerprint density at radius 3 is 2.58 bits per heavy atom. The van der Waals surface area contributed by atoms with Crippen LogP contribution in [0.2, 0.25) is 5.02 Å². The van der Waals surface area contributed by atoms with Crippen LogP contribution < -0.4 is 4.74 Å². The molecule has 0 saturated carbocycles. The van der Waals surface area contributed by atoms with Crippen LogP contribution in [-0.4, -0.2) is 11.4 Å². The van der Waals surface area contributed by atoms with E-state index < -0.39 is 0 Å². The first-order valence-electron chi connectivity index (χ1n) is 5.53. The van der Waals surface area contributed by atoms with Crippen molar-refractivity contribution in [2.45, 2.75) is 6.61 Å². The summed E-state index contributed by atoms with van der Waals surface area (Å²) in [6.07, 6.45) is 1.35. The van der Waals surface area contributed by atoms with E-state index in [1.165, 1.54) is 6.21 Å². The van der Waals surface area contributed by atoms with Gasteiger partial charge < -0.3 is 9.94 Å². The Morgan fingerprint density at radius 2 is 1.95 bits per heavy atom. The second-order valence-corrected chi connectivity index (χ2v) is 5.14. The predicted octanol–water partition coefficient (Wildman–Crippen LogP) is 4.49. The van der Waals surface area contributed by atoms with E-state index >= 15 is 0 Å². The number of ether oxygens (including phenoxy) is 1. The van der Waals surface area contributed by atoms with Crippen molar-refractivity contribution in [3.63, 3.8) is 0 Å². The zero-order valence-corrected chi connectivity index (χ0v) is 12.2. The SMILES string of the molecule is ON=Cc1ccc(OCc2ccc(Cl)cc2)c(Br)c1. The van der Waals surface area contributed by atoms with Gasteiger partial charge in [-0.05, 0) is 57.4 Å². The Balaban J connectivity index is 2.05. The second kappa shape index (κ2) is 6.59. The van der Waals surface area contributed by atoms with Crippen LogP contribution >= 0.6 is 27.5 Å². The molecule has 0 aliphatic carbocycles. The van der Waals surface area contributed by atoms with Gasteiger partial charge >= 0.3 is 0 Å². The monoisotopic (exact) mass is 339 g/mol. The molecule has 0 fully saturated rings. The summed E-state index contributed by atoms with van der Waals surface area (Å²) in [7, 11) is 0. The Kier molecular flexibility index (Phi) is 4.82.